The molecular formula is C12H18ClNS. The van der Waals surface area contributed by atoms with Gasteiger partial charge in [0.05, 0.1) is 4.34 Å². The van der Waals surface area contributed by atoms with Crippen molar-refractivity contribution in [2.24, 2.45) is 5.92 Å². The van der Waals surface area contributed by atoms with Crippen LogP contribution in [0.1, 0.15) is 38.2 Å². The molecule has 2 rings (SSSR count). The normalized spacial score (nSPS) is 30.2. The number of rotatable bonds is 4. The number of thiophene rings is 1. The summed E-state index contributed by atoms with van der Waals surface area (Å²) in [6.45, 7) is 5.55. The molecule has 0 spiro atoms. The largest absolute Gasteiger partial charge is 0.314 e. The van der Waals surface area contributed by atoms with Crippen LogP contribution < -0.4 is 5.32 Å². The van der Waals surface area contributed by atoms with Gasteiger partial charge in [0.2, 0.25) is 0 Å². The van der Waals surface area contributed by atoms with Gasteiger partial charge in [-0.25, -0.2) is 0 Å². The fourth-order valence-electron chi connectivity index (χ4n) is 2.67. The number of hydrogen-bond acceptors (Lipinski definition) is 2. The summed E-state index contributed by atoms with van der Waals surface area (Å²) in [5, 5.41) is 5.78. The number of halogens is 1. The molecular weight excluding hydrogens is 226 g/mol. The van der Waals surface area contributed by atoms with Crippen molar-refractivity contribution in [2.75, 3.05) is 6.54 Å². The Labute approximate surface area is 101 Å². The Bertz CT molecular complexity index is 323. The quantitative estimate of drug-likeness (QED) is 0.846. The SMILES string of the molecule is CCNC1CC(c2csc(Cl)c2)C1CC. The molecule has 1 fully saturated rings. The second kappa shape index (κ2) is 4.86. The summed E-state index contributed by atoms with van der Waals surface area (Å²) >= 11 is 7.63. The van der Waals surface area contributed by atoms with E-state index in [1.165, 1.54) is 18.4 Å². The van der Waals surface area contributed by atoms with Gasteiger partial charge in [0.15, 0.2) is 0 Å². The predicted octanol–water partition coefficient (Wildman–Crippen LogP) is 3.89. The van der Waals surface area contributed by atoms with Crippen LogP contribution in [0.2, 0.25) is 4.34 Å². The first-order chi connectivity index (χ1) is 7.26. The van der Waals surface area contributed by atoms with Crippen molar-refractivity contribution in [3.63, 3.8) is 0 Å². The van der Waals surface area contributed by atoms with Gasteiger partial charge in [-0.3, -0.25) is 0 Å². The molecule has 1 aliphatic carbocycles. The topological polar surface area (TPSA) is 12.0 Å². The second-order valence-electron chi connectivity index (χ2n) is 4.26. The third-order valence-electron chi connectivity index (χ3n) is 3.50. The van der Waals surface area contributed by atoms with Gasteiger partial charge in [0, 0.05) is 6.04 Å². The monoisotopic (exact) mass is 243 g/mol. The molecule has 1 aromatic rings. The van der Waals surface area contributed by atoms with E-state index in [0.717, 1.165) is 28.8 Å². The van der Waals surface area contributed by atoms with Crippen molar-refractivity contribution in [3.05, 3.63) is 21.3 Å². The summed E-state index contributed by atoms with van der Waals surface area (Å²) in [5.41, 5.74) is 1.45. The molecule has 1 aromatic heterocycles. The molecule has 1 N–H and O–H groups in total. The van der Waals surface area contributed by atoms with Crippen molar-refractivity contribution < 1.29 is 0 Å². The van der Waals surface area contributed by atoms with Crippen LogP contribution in [0.5, 0.6) is 0 Å². The van der Waals surface area contributed by atoms with Crippen LogP contribution >= 0.6 is 22.9 Å². The molecule has 0 amide bonds. The predicted molar refractivity (Wildman–Crippen MR) is 67.9 cm³/mol. The van der Waals surface area contributed by atoms with Gasteiger partial charge in [0.1, 0.15) is 0 Å². The first-order valence-corrected chi connectivity index (χ1v) is 6.99. The maximum Gasteiger partial charge on any atom is 0.0931 e. The molecule has 3 unspecified atom stereocenters. The van der Waals surface area contributed by atoms with Crippen molar-refractivity contribution >= 4 is 22.9 Å². The minimum absolute atomic E-state index is 0.726. The molecule has 15 heavy (non-hydrogen) atoms. The molecule has 1 nitrogen and oxygen atoms in total. The van der Waals surface area contributed by atoms with Crippen LogP contribution in [-0.4, -0.2) is 12.6 Å². The summed E-state index contributed by atoms with van der Waals surface area (Å²) in [4.78, 5) is 0. The lowest BCUT2D eigenvalue weighted by Crippen LogP contribution is -2.48. The molecule has 0 radical (unpaired) electrons. The summed E-state index contributed by atoms with van der Waals surface area (Å²) < 4.78 is 0.923. The molecule has 0 aromatic carbocycles. The first kappa shape index (κ1) is 11.4. The summed E-state index contributed by atoms with van der Waals surface area (Å²) in [6, 6.07) is 2.87. The Kier molecular flexibility index (Phi) is 3.70. The van der Waals surface area contributed by atoms with E-state index in [2.05, 4.69) is 30.6 Å². The van der Waals surface area contributed by atoms with E-state index in [1.807, 2.05) is 0 Å². The van der Waals surface area contributed by atoms with Crippen LogP contribution in [0, 0.1) is 5.92 Å². The van der Waals surface area contributed by atoms with Crippen molar-refractivity contribution in [1.29, 1.82) is 0 Å². The van der Waals surface area contributed by atoms with Crippen LogP contribution in [0.4, 0.5) is 0 Å². The molecule has 1 aliphatic rings. The highest BCUT2D eigenvalue weighted by molar-refractivity contribution is 7.14. The van der Waals surface area contributed by atoms with Gasteiger partial charge < -0.3 is 5.32 Å². The molecule has 1 saturated carbocycles. The lowest BCUT2D eigenvalue weighted by atomic mass is 9.65. The highest BCUT2D eigenvalue weighted by Crippen LogP contribution is 2.46. The lowest BCUT2D eigenvalue weighted by molar-refractivity contribution is 0.163. The Morgan fingerprint density at radius 3 is 2.87 bits per heavy atom. The van der Waals surface area contributed by atoms with Gasteiger partial charge in [-0.2, -0.15) is 0 Å². The smallest absolute Gasteiger partial charge is 0.0931 e. The first-order valence-electron chi connectivity index (χ1n) is 5.73. The Morgan fingerprint density at radius 1 is 1.53 bits per heavy atom. The zero-order valence-electron chi connectivity index (χ0n) is 9.29. The maximum absolute atomic E-state index is 5.98. The molecule has 0 bridgehead atoms. The molecule has 0 saturated heterocycles. The van der Waals surface area contributed by atoms with Gasteiger partial charge >= 0.3 is 0 Å². The minimum atomic E-state index is 0.726. The summed E-state index contributed by atoms with van der Waals surface area (Å²) in [5.74, 6) is 1.54. The van der Waals surface area contributed by atoms with Crippen molar-refractivity contribution in [3.8, 4) is 0 Å². The van der Waals surface area contributed by atoms with Crippen LogP contribution in [-0.2, 0) is 0 Å². The van der Waals surface area contributed by atoms with Gasteiger partial charge in [-0.1, -0.05) is 31.9 Å². The molecule has 1 heterocycles. The average molecular weight is 244 g/mol. The van der Waals surface area contributed by atoms with E-state index in [9.17, 15) is 0 Å². The standard InChI is InChI=1S/C12H18ClNS/c1-3-9-10(6-11(9)14-4-2)8-5-12(13)15-7-8/h5,7,9-11,14H,3-4,6H2,1-2H3. The van der Waals surface area contributed by atoms with Gasteiger partial charge in [0.25, 0.3) is 0 Å². The van der Waals surface area contributed by atoms with E-state index >= 15 is 0 Å². The van der Waals surface area contributed by atoms with Crippen LogP contribution in [0.25, 0.3) is 0 Å². The van der Waals surface area contributed by atoms with Crippen LogP contribution in [0.3, 0.4) is 0 Å². The Hall–Kier alpha value is -0.0500. The highest BCUT2D eigenvalue weighted by Gasteiger charge is 2.40. The maximum atomic E-state index is 5.98. The van der Waals surface area contributed by atoms with Gasteiger partial charge in [-0.05, 0) is 41.8 Å². The van der Waals surface area contributed by atoms with E-state index in [1.54, 1.807) is 11.3 Å². The molecule has 84 valence electrons. The summed E-state index contributed by atoms with van der Waals surface area (Å²) in [7, 11) is 0. The molecule has 3 heteroatoms. The third kappa shape index (κ3) is 2.22. The molecule has 3 atom stereocenters. The number of hydrogen-bond donors (Lipinski definition) is 1. The second-order valence-corrected chi connectivity index (χ2v) is 5.81. The molecule has 0 aliphatic heterocycles. The number of nitrogens with one attached hydrogen (secondary N) is 1. The summed E-state index contributed by atoms with van der Waals surface area (Å²) in [6.07, 6.45) is 2.54. The fourth-order valence-corrected chi connectivity index (χ4v) is 3.63. The minimum Gasteiger partial charge on any atom is -0.314 e. The van der Waals surface area contributed by atoms with Crippen molar-refractivity contribution in [1.82, 2.24) is 5.32 Å². The average Bonchev–Trinajstić information content (AvgIpc) is 2.59. The Balaban J connectivity index is 2.01. The third-order valence-corrected chi connectivity index (χ3v) is 4.60. The van der Waals surface area contributed by atoms with E-state index in [0.29, 0.717) is 0 Å². The van der Waals surface area contributed by atoms with Crippen LogP contribution in [0.15, 0.2) is 11.4 Å². The van der Waals surface area contributed by atoms with Gasteiger partial charge in [-0.15, -0.1) is 11.3 Å². The van der Waals surface area contributed by atoms with E-state index < -0.39 is 0 Å². The fraction of sp³-hybridized carbons (Fsp3) is 0.667. The Morgan fingerprint density at radius 2 is 2.33 bits per heavy atom. The zero-order valence-corrected chi connectivity index (χ0v) is 10.9. The zero-order chi connectivity index (χ0) is 10.8. The highest BCUT2D eigenvalue weighted by atomic mass is 35.5. The lowest BCUT2D eigenvalue weighted by Gasteiger charge is -2.45. The van der Waals surface area contributed by atoms with E-state index in [4.69, 9.17) is 11.6 Å². The van der Waals surface area contributed by atoms with E-state index in [-0.39, 0.29) is 0 Å². The van der Waals surface area contributed by atoms with Crippen molar-refractivity contribution in [2.45, 2.75) is 38.6 Å².